The van der Waals surface area contributed by atoms with E-state index in [1.54, 1.807) is 4.90 Å². The molecule has 2 rings (SSSR count). The third-order valence-electron chi connectivity index (χ3n) is 4.39. The first-order valence-electron chi connectivity index (χ1n) is 7.79. The Labute approximate surface area is 120 Å². The monoisotopic (exact) mass is 283 g/mol. The average Bonchev–Trinajstić information content (AvgIpc) is 2.97. The number of carbonyl (C=O) groups is 2. The van der Waals surface area contributed by atoms with E-state index in [4.69, 9.17) is 9.84 Å². The molecule has 0 aromatic heterocycles. The Hall–Kier alpha value is -1.10. The van der Waals surface area contributed by atoms with Crippen molar-refractivity contribution >= 4 is 11.9 Å². The number of aliphatic carboxylic acids is 1. The maximum atomic E-state index is 12.5. The molecule has 0 bridgehead atoms. The molecule has 2 unspecified atom stereocenters. The smallest absolute Gasteiger partial charge is 0.308 e. The average molecular weight is 283 g/mol. The van der Waals surface area contributed by atoms with Crippen LogP contribution in [0.5, 0.6) is 0 Å². The Morgan fingerprint density at radius 1 is 1.25 bits per heavy atom. The minimum atomic E-state index is -0.799. The number of nitrogens with zero attached hydrogens (tertiary/aromatic N) is 1. The molecule has 2 atom stereocenters. The summed E-state index contributed by atoms with van der Waals surface area (Å²) in [6.45, 7) is 2.95. The van der Waals surface area contributed by atoms with Crippen molar-refractivity contribution in [3.05, 3.63) is 0 Å². The van der Waals surface area contributed by atoms with E-state index in [-0.39, 0.29) is 12.0 Å². The fourth-order valence-electron chi connectivity index (χ4n) is 3.17. The lowest BCUT2D eigenvalue weighted by Gasteiger charge is -2.33. The molecule has 1 N–H and O–H groups in total. The lowest BCUT2D eigenvalue weighted by Crippen LogP contribution is -2.47. The van der Waals surface area contributed by atoms with Crippen molar-refractivity contribution in [1.29, 1.82) is 0 Å². The second-order valence-electron chi connectivity index (χ2n) is 5.90. The lowest BCUT2D eigenvalue weighted by atomic mass is 9.97. The largest absolute Gasteiger partial charge is 0.481 e. The van der Waals surface area contributed by atoms with Crippen molar-refractivity contribution in [3.63, 3.8) is 0 Å². The highest BCUT2D eigenvalue weighted by Crippen LogP contribution is 2.24. The molecule has 0 aromatic rings. The van der Waals surface area contributed by atoms with Crippen LogP contribution >= 0.6 is 0 Å². The lowest BCUT2D eigenvalue weighted by molar-refractivity contribution is -0.153. The van der Waals surface area contributed by atoms with E-state index in [1.165, 1.54) is 12.8 Å². The number of hydrogen-bond donors (Lipinski definition) is 1. The number of carboxylic acids is 1. The summed E-state index contributed by atoms with van der Waals surface area (Å²) in [5.74, 6) is -1.24. The van der Waals surface area contributed by atoms with E-state index in [0.29, 0.717) is 25.9 Å². The number of carbonyl (C=O) groups excluding carboxylic acids is 1. The molecule has 1 heterocycles. The van der Waals surface area contributed by atoms with Crippen LogP contribution in [0.3, 0.4) is 0 Å². The highest BCUT2D eigenvalue weighted by molar-refractivity contribution is 5.82. The van der Waals surface area contributed by atoms with Crippen LogP contribution in [0, 0.1) is 5.92 Å². The Morgan fingerprint density at radius 3 is 2.55 bits per heavy atom. The van der Waals surface area contributed by atoms with Crippen molar-refractivity contribution in [2.24, 2.45) is 5.92 Å². The number of amides is 1. The molecule has 20 heavy (non-hydrogen) atoms. The molecule has 0 radical (unpaired) electrons. The maximum Gasteiger partial charge on any atom is 0.308 e. The van der Waals surface area contributed by atoms with Crippen molar-refractivity contribution in [2.75, 3.05) is 13.1 Å². The fourth-order valence-corrected chi connectivity index (χ4v) is 3.17. The number of ether oxygens (including phenoxy) is 1. The van der Waals surface area contributed by atoms with E-state index < -0.39 is 18.0 Å². The van der Waals surface area contributed by atoms with Gasteiger partial charge in [0, 0.05) is 13.1 Å². The van der Waals surface area contributed by atoms with Gasteiger partial charge in [0.15, 0.2) is 0 Å². The molecule has 0 aromatic carbocycles. The summed E-state index contributed by atoms with van der Waals surface area (Å²) in [7, 11) is 0. The maximum absolute atomic E-state index is 12.5. The van der Waals surface area contributed by atoms with Gasteiger partial charge in [0.2, 0.25) is 0 Å². The van der Waals surface area contributed by atoms with Crippen LogP contribution < -0.4 is 0 Å². The van der Waals surface area contributed by atoms with E-state index in [9.17, 15) is 9.59 Å². The molecule has 1 saturated carbocycles. The van der Waals surface area contributed by atoms with Gasteiger partial charge in [-0.3, -0.25) is 9.59 Å². The fraction of sp³-hybridized carbons (Fsp3) is 0.867. The zero-order chi connectivity index (χ0) is 14.5. The molecular formula is C15H25NO4. The molecule has 1 aliphatic heterocycles. The number of rotatable bonds is 5. The Bertz CT molecular complexity index is 352. The van der Waals surface area contributed by atoms with Crippen molar-refractivity contribution in [2.45, 2.75) is 64.1 Å². The van der Waals surface area contributed by atoms with Gasteiger partial charge in [-0.1, -0.05) is 19.8 Å². The molecule has 1 amide bonds. The van der Waals surface area contributed by atoms with Gasteiger partial charge >= 0.3 is 5.97 Å². The van der Waals surface area contributed by atoms with E-state index in [1.807, 2.05) is 6.92 Å². The summed E-state index contributed by atoms with van der Waals surface area (Å²) in [6.07, 6.45) is 6.35. The van der Waals surface area contributed by atoms with E-state index >= 15 is 0 Å². The van der Waals surface area contributed by atoms with Gasteiger partial charge in [-0.05, 0) is 32.1 Å². The molecule has 5 nitrogen and oxygen atoms in total. The van der Waals surface area contributed by atoms with Crippen LogP contribution in [0.15, 0.2) is 0 Å². The summed E-state index contributed by atoms with van der Waals surface area (Å²) >= 11 is 0. The van der Waals surface area contributed by atoms with Crippen LogP contribution in [0.1, 0.15) is 51.9 Å². The van der Waals surface area contributed by atoms with Crippen LogP contribution in [-0.2, 0) is 14.3 Å². The van der Waals surface area contributed by atoms with Crippen molar-refractivity contribution in [1.82, 2.24) is 4.90 Å². The van der Waals surface area contributed by atoms with Gasteiger partial charge in [0.1, 0.15) is 6.10 Å². The number of carboxylic acid groups (broad SMARTS) is 1. The second-order valence-corrected chi connectivity index (χ2v) is 5.90. The SMILES string of the molecule is CCC(OC1CCCC1)C(=O)N1CCCC(C(=O)O)C1. The van der Waals surface area contributed by atoms with Gasteiger partial charge in [0.05, 0.1) is 12.0 Å². The van der Waals surface area contributed by atoms with Crippen LogP contribution in [-0.4, -0.2) is 47.2 Å². The van der Waals surface area contributed by atoms with Crippen LogP contribution in [0.4, 0.5) is 0 Å². The van der Waals surface area contributed by atoms with Crippen LogP contribution in [0.25, 0.3) is 0 Å². The Morgan fingerprint density at radius 2 is 1.95 bits per heavy atom. The Kier molecular flexibility index (Phi) is 5.40. The van der Waals surface area contributed by atoms with Crippen molar-refractivity contribution < 1.29 is 19.4 Å². The minimum Gasteiger partial charge on any atom is -0.481 e. The first kappa shape index (κ1) is 15.3. The summed E-state index contributed by atoms with van der Waals surface area (Å²) in [6, 6.07) is 0. The second kappa shape index (κ2) is 7.07. The standard InChI is InChI=1S/C15H25NO4/c1-2-13(20-12-7-3-4-8-12)14(17)16-9-5-6-11(10-16)15(18)19/h11-13H,2-10H2,1H3,(H,18,19). The predicted molar refractivity (Wildman–Crippen MR) is 74.4 cm³/mol. The molecule has 0 spiro atoms. The van der Waals surface area contributed by atoms with Crippen LogP contribution in [0.2, 0.25) is 0 Å². The molecule has 114 valence electrons. The molecule has 1 saturated heterocycles. The first-order valence-corrected chi connectivity index (χ1v) is 7.79. The summed E-state index contributed by atoms with van der Waals surface area (Å²) in [5.41, 5.74) is 0. The molecule has 1 aliphatic carbocycles. The first-order chi connectivity index (χ1) is 9.61. The quantitative estimate of drug-likeness (QED) is 0.838. The molecule has 2 fully saturated rings. The molecule has 2 aliphatic rings. The zero-order valence-corrected chi connectivity index (χ0v) is 12.2. The van der Waals surface area contributed by atoms with Gasteiger partial charge in [-0.15, -0.1) is 0 Å². The number of likely N-dealkylation sites (tertiary alicyclic amines) is 1. The number of piperidine rings is 1. The molecule has 5 heteroatoms. The highest BCUT2D eigenvalue weighted by Gasteiger charge is 2.33. The highest BCUT2D eigenvalue weighted by atomic mass is 16.5. The van der Waals surface area contributed by atoms with Gasteiger partial charge < -0.3 is 14.7 Å². The van der Waals surface area contributed by atoms with Gasteiger partial charge in [-0.25, -0.2) is 0 Å². The van der Waals surface area contributed by atoms with E-state index in [0.717, 1.165) is 19.3 Å². The van der Waals surface area contributed by atoms with Crippen molar-refractivity contribution in [3.8, 4) is 0 Å². The van der Waals surface area contributed by atoms with Gasteiger partial charge in [0.25, 0.3) is 5.91 Å². The molecular weight excluding hydrogens is 258 g/mol. The zero-order valence-electron chi connectivity index (χ0n) is 12.2. The van der Waals surface area contributed by atoms with Gasteiger partial charge in [-0.2, -0.15) is 0 Å². The third-order valence-corrected chi connectivity index (χ3v) is 4.39. The predicted octanol–water partition coefficient (Wildman–Crippen LogP) is 2.05. The summed E-state index contributed by atoms with van der Waals surface area (Å²) < 4.78 is 5.93. The summed E-state index contributed by atoms with van der Waals surface area (Å²) in [5, 5.41) is 9.09. The summed E-state index contributed by atoms with van der Waals surface area (Å²) in [4.78, 5) is 25.3. The third kappa shape index (κ3) is 3.72. The number of hydrogen-bond acceptors (Lipinski definition) is 3. The minimum absolute atomic E-state index is 0.0228. The normalized spacial score (nSPS) is 25.6. The topological polar surface area (TPSA) is 66.8 Å². The Balaban J connectivity index is 1.91. The van der Waals surface area contributed by atoms with E-state index in [2.05, 4.69) is 0 Å².